The molecule has 4 aromatic carbocycles. The van der Waals surface area contributed by atoms with E-state index in [1.165, 1.54) is 0 Å². The number of carbonyl (C=O) groups excluding carboxylic acids is 2. The van der Waals surface area contributed by atoms with Crippen LogP contribution in [-0.4, -0.2) is 18.4 Å². The van der Waals surface area contributed by atoms with Gasteiger partial charge in [0.2, 0.25) is 0 Å². The van der Waals surface area contributed by atoms with E-state index < -0.39 is 11.8 Å². The minimum Gasteiger partial charge on any atom is -0.460 e. The average molecular weight is 463 g/mol. The third-order valence-corrected chi connectivity index (χ3v) is 5.86. The zero-order valence-electron chi connectivity index (χ0n) is 17.6. The van der Waals surface area contributed by atoms with Gasteiger partial charge in [-0.15, -0.1) is 0 Å². The van der Waals surface area contributed by atoms with Crippen molar-refractivity contribution in [3.63, 3.8) is 0 Å². The van der Waals surface area contributed by atoms with Gasteiger partial charge in [-0.3, -0.25) is 4.79 Å². The summed E-state index contributed by atoms with van der Waals surface area (Å²) >= 11 is 12.2. The number of fused-ring (bicyclic) bond motifs is 1. The predicted octanol–water partition coefficient (Wildman–Crippen LogP) is 7.53. The van der Waals surface area contributed by atoms with Crippen molar-refractivity contribution in [1.29, 1.82) is 0 Å². The summed E-state index contributed by atoms with van der Waals surface area (Å²) in [4.78, 5) is 25.5. The summed E-state index contributed by atoms with van der Waals surface area (Å²) in [5, 5.41) is 3.08. The van der Waals surface area contributed by atoms with E-state index in [2.05, 4.69) is 0 Å². The maximum atomic E-state index is 13.1. The smallest absolute Gasteiger partial charge is 0.379 e. The third-order valence-electron chi connectivity index (χ3n) is 5.36. The molecule has 0 radical (unpaired) electrons. The number of hydrogen-bond donors (Lipinski definition) is 0. The summed E-state index contributed by atoms with van der Waals surface area (Å²) in [5.74, 6) is -1.52. The van der Waals surface area contributed by atoms with Crippen LogP contribution >= 0.6 is 23.2 Å². The van der Waals surface area contributed by atoms with Gasteiger partial charge in [-0.1, -0.05) is 71.7 Å². The Bertz CT molecular complexity index is 1320. The molecule has 0 aliphatic rings. The largest absolute Gasteiger partial charge is 0.460 e. The van der Waals surface area contributed by atoms with E-state index in [-0.39, 0.29) is 6.61 Å². The van der Waals surface area contributed by atoms with Gasteiger partial charge in [0.25, 0.3) is 5.78 Å². The highest BCUT2D eigenvalue weighted by molar-refractivity contribution is 6.43. The lowest BCUT2D eigenvalue weighted by Gasteiger charge is -2.18. The van der Waals surface area contributed by atoms with E-state index >= 15 is 0 Å². The second-order valence-electron chi connectivity index (χ2n) is 7.41. The van der Waals surface area contributed by atoms with Gasteiger partial charge in [0.05, 0.1) is 6.61 Å². The van der Waals surface area contributed by atoms with E-state index in [1.807, 2.05) is 67.6 Å². The molecule has 0 saturated heterocycles. The minimum absolute atomic E-state index is 0.133. The van der Waals surface area contributed by atoms with Crippen molar-refractivity contribution in [2.75, 3.05) is 6.61 Å². The molecule has 0 aliphatic heterocycles. The highest BCUT2D eigenvalue weighted by atomic mass is 35.5. The van der Waals surface area contributed by atoms with Crippen LogP contribution in [0.3, 0.4) is 0 Å². The van der Waals surface area contributed by atoms with Gasteiger partial charge < -0.3 is 4.74 Å². The molecule has 0 saturated carbocycles. The monoisotopic (exact) mass is 462 g/mol. The van der Waals surface area contributed by atoms with Crippen molar-refractivity contribution in [2.45, 2.75) is 13.8 Å². The summed E-state index contributed by atoms with van der Waals surface area (Å²) in [5.41, 5.74) is 4.53. The second-order valence-corrected chi connectivity index (χ2v) is 8.28. The van der Waals surface area contributed by atoms with E-state index in [4.69, 9.17) is 27.9 Å². The number of rotatable bonds is 5. The molecule has 32 heavy (non-hydrogen) atoms. The molecule has 0 aromatic heterocycles. The van der Waals surface area contributed by atoms with Crippen LogP contribution in [0.5, 0.6) is 0 Å². The van der Waals surface area contributed by atoms with Crippen LogP contribution in [0.25, 0.3) is 33.0 Å². The summed E-state index contributed by atoms with van der Waals surface area (Å²) < 4.78 is 5.02. The molecule has 0 unspecified atom stereocenters. The number of Topliss-reactive ketones (excluding diaryl/α,β-unsaturated/α-hetero) is 1. The molecule has 0 N–H and O–H groups in total. The van der Waals surface area contributed by atoms with Crippen molar-refractivity contribution in [3.05, 3.63) is 94.0 Å². The molecule has 0 atom stereocenters. The second kappa shape index (κ2) is 9.15. The molecule has 0 amide bonds. The summed E-state index contributed by atoms with van der Waals surface area (Å²) in [6, 6.07) is 22.8. The van der Waals surface area contributed by atoms with Gasteiger partial charge in [0.1, 0.15) is 0 Å². The summed E-state index contributed by atoms with van der Waals surface area (Å²) in [6.45, 7) is 3.65. The Balaban J connectivity index is 2.06. The maximum absolute atomic E-state index is 13.1. The number of ketones is 1. The van der Waals surface area contributed by atoms with Gasteiger partial charge in [-0.25, -0.2) is 4.79 Å². The van der Waals surface area contributed by atoms with Crippen molar-refractivity contribution < 1.29 is 14.3 Å². The number of ether oxygens (including phenoxy) is 1. The number of halogens is 2. The van der Waals surface area contributed by atoms with E-state index in [9.17, 15) is 9.59 Å². The molecule has 3 nitrogen and oxygen atoms in total. The molecule has 0 aliphatic carbocycles. The quantitative estimate of drug-likeness (QED) is 0.175. The highest BCUT2D eigenvalue weighted by Gasteiger charge is 2.26. The molecule has 0 spiro atoms. The Hall–Kier alpha value is -3.14. The van der Waals surface area contributed by atoms with Crippen LogP contribution in [0, 0.1) is 6.92 Å². The SMILES string of the molecule is CCOC(=O)C(=O)c1c(C)cc2c(-c3ccc(Cl)cc3)cccc2c1-c1ccc(Cl)cc1. The van der Waals surface area contributed by atoms with Gasteiger partial charge in [-0.2, -0.15) is 0 Å². The average Bonchev–Trinajstić information content (AvgIpc) is 2.79. The van der Waals surface area contributed by atoms with E-state index in [1.54, 1.807) is 19.1 Å². The minimum atomic E-state index is -0.862. The normalized spacial score (nSPS) is 10.9. The lowest BCUT2D eigenvalue weighted by atomic mass is 9.85. The van der Waals surface area contributed by atoms with Crippen LogP contribution in [0.15, 0.2) is 72.8 Å². The zero-order chi connectivity index (χ0) is 22.8. The van der Waals surface area contributed by atoms with Crippen molar-refractivity contribution in [1.82, 2.24) is 0 Å². The van der Waals surface area contributed by atoms with Crippen LogP contribution in [0.1, 0.15) is 22.8 Å². The standard InChI is InChI=1S/C27H20Cl2O3/c1-3-32-27(31)26(30)24-16(2)15-23-21(17-7-11-19(28)12-8-17)5-4-6-22(23)25(24)18-9-13-20(29)14-10-18/h4-15H,3H2,1-2H3. The van der Waals surface area contributed by atoms with Crippen LogP contribution in [-0.2, 0) is 9.53 Å². The Morgan fingerprint density at radius 3 is 2.00 bits per heavy atom. The molecule has 0 heterocycles. The maximum Gasteiger partial charge on any atom is 0.379 e. The van der Waals surface area contributed by atoms with Crippen molar-refractivity contribution in [2.24, 2.45) is 0 Å². The van der Waals surface area contributed by atoms with Gasteiger partial charge in [0.15, 0.2) is 0 Å². The third kappa shape index (κ3) is 4.14. The molecular formula is C27H20Cl2O3. The fourth-order valence-electron chi connectivity index (χ4n) is 3.95. The molecule has 0 fully saturated rings. The number of esters is 1. The topological polar surface area (TPSA) is 43.4 Å². The summed E-state index contributed by atoms with van der Waals surface area (Å²) in [7, 11) is 0. The van der Waals surface area contributed by atoms with Gasteiger partial charge in [-0.05, 0) is 71.1 Å². The van der Waals surface area contributed by atoms with E-state index in [0.717, 1.165) is 27.5 Å². The molecule has 160 valence electrons. The van der Waals surface area contributed by atoms with Gasteiger partial charge in [0, 0.05) is 21.2 Å². The number of carbonyl (C=O) groups is 2. The predicted molar refractivity (Wildman–Crippen MR) is 131 cm³/mol. The number of aryl methyl sites for hydroxylation is 1. The van der Waals surface area contributed by atoms with Crippen molar-refractivity contribution >= 4 is 45.7 Å². The number of hydrogen-bond acceptors (Lipinski definition) is 3. The van der Waals surface area contributed by atoms with Crippen LogP contribution in [0.4, 0.5) is 0 Å². The fourth-order valence-corrected chi connectivity index (χ4v) is 4.20. The lowest BCUT2D eigenvalue weighted by Crippen LogP contribution is -2.19. The molecule has 4 rings (SSSR count). The molecule has 4 aromatic rings. The summed E-state index contributed by atoms with van der Waals surface area (Å²) in [6.07, 6.45) is 0. The Labute approximate surface area is 196 Å². The van der Waals surface area contributed by atoms with Crippen LogP contribution in [0.2, 0.25) is 10.0 Å². The van der Waals surface area contributed by atoms with Crippen LogP contribution < -0.4 is 0 Å². The molecular weight excluding hydrogens is 443 g/mol. The Morgan fingerprint density at radius 1 is 0.812 bits per heavy atom. The first-order valence-corrected chi connectivity index (χ1v) is 11.0. The Morgan fingerprint density at radius 2 is 1.41 bits per heavy atom. The van der Waals surface area contributed by atoms with Gasteiger partial charge >= 0.3 is 5.97 Å². The molecule has 0 bridgehead atoms. The first kappa shape index (κ1) is 22.1. The first-order chi connectivity index (χ1) is 15.4. The van der Waals surface area contributed by atoms with E-state index in [0.29, 0.717) is 26.7 Å². The zero-order valence-corrected chi connectivity index (χ0v) is 19.1. The fraction of sp³-hybridized carbons (Fsp3) is 0.111. The first-order valence-electron chi connectivity index (χ1n) is 10.2. The Kier molecular flexibility index (Phi) is 6.31. The molecule has 5 heteroatoms. The lowest BCUT2D eigenvalue weighted by molar-refractivity contribution is -0.137. The number of benzene rings is 4. The van der Waals surface area contributed by atoms with Crippen molar-refractivity contribution in [3.8, 4) is 22.3 Å². The highest BCUT2D eigenvalue weighted by Crippen LogP contribution is 2.39.